The zero-order valence-corrected chi connectivity index (χ0v) is 6.53. The number of halogens is 1. The minimum Gasteiger partial charge on any atom is -0.367 e. The number of carbonyl (C=O) groups is 1. The number of ether oxygens (including phenoxy) is 1. The van der Waals surface area contributed by atoms with Gasteiger partial charge in [-0.15, -0.1) is 12.4 Å². The summed E-state index contributed by atoms with van der Waals surface area (Å²) in [6.07, 6.45) is 0. The summed E-state index contributed by atoms with van der Waals surface area (Å²) in [5, 5.41) is 2.91. The highest BCUT2D eigenvalue weighted by molar-refractivity contribution is 5.85. The van der Waals surface area contributed by atoms with E-state index in [1.165, 1.54) is 7.11 Å². The van der Waals surface area contributed by atoms with Gasteiger partial charge in [-0.1, -0.05) is 0 Å². The average molecular weight is 167 g/mol. The first-order valence-corrected chi connectivity index (χ1v) is 2.77. The van der Waals surface area contributed by atoms with Gasteiger partial charge >= 0.3 is 0 Å². The van der Waals surface area contributed by atoms with Crippen LogP contribution in [0.3, 0.4) is 0 Å². The third kappa shape index (κ3) is 1.23. The van der Waals surface area contributed by atoms with Crippen LogP contribution in [0.15, 0.2) is 0 Å². The largest absolute Gasteiger partial charge is 0.367 e. The summed E-state index contributed by atoms with van der Waals surface area (Å²) >= 11 is 0. The third-order valence-corrected chi connectivity index (χ3v) is 1.66. The van der Waals surface area contributed by atoms with Crippen molar-refractivity contribution in [2.24, 2.45) is 5.73 Å². The van der Waals surface area contributed by atoms with Gasteiger partial charge in [0.2, 0.25) is 0 Å². The number of primary amides is 1. The zero-order valence-electron chi connectivity index (χ0n) is 5.72. The highest BCUT2D eigenvalue weighted by Crippen LogP contribution is 2.13. The maximum absolute atomic E-state index is 10.6. The molecule has 0 aromatic rings. The van der Waals surface area contributed by atoms with Crippen molar-refractivity contribution in [2.45, 2.75) is 5.60 Å². The Kier molecular flexibility index (Phi) is 3.08. The summed E-state index contributed by atoms with van der Waals surface area (Å²) in [6, 6.07) is 0. The van der Waals surface area contributed by atoms with Gasteiger partial charge in [0.05, 0.1) is 0 Å². The van der Waals surface area contributed by atoms with Crippen molar-refractivity contribution in [1.82, 2.24) is 5.32 Å². The lowest BCUT2D eigenvalue weighted by molar-refractivity contribution is -0.145. The topological polar surface area (TPSA) is 64.3 Å². The van der Waals surface area contributed by atoms with Crippen LogP contribution in [0.1, 0.15) is 0 Å². The van der Waals surface area contributed by atoms with Gasteiger partial charge < -0.3 is 15.8 Å². The molecular weight excluding hydrogens is 156 g/mol. The van der Waals surface area contributed by atoms with E-state index in [0.29, 0.717) is 13.1 Å². The Bertz CT molecular complexity index is 130. The fourth-order valence-corrected chi connectivity index (χ4v) is 0.771. The summed E-state index contributed by atoms with van der Waals surface area (Å²) in [7, 11) is 1.49. The van der Waals surface area contributed by atoms with Crippen LogP contribution < -0.4 is 11.1 Å². The first-order chi connectivity index (χ1) is 4.21. The van der Waals surface area contributed by atoms with Gasteiger partial charge in [0.25, 0.3) is 5.91 Å². The summed E-state index contributed by atoms with van der Waals surface area (Å²) in [5.41, 5.74) is 4.33. The van der Waals surface area contributed by atoms with E-state index in [1.54, 1.807) is 0 Å². The molecule has 1 fully saturated rings. The molecule has 0 aromatic carbocycles. The van der Waals surface area contributed by atoms with Crippen molar-refractivity contribution in [1.29, 1.82) is 0 Å². The molecule has 0 aromatic heterocycles. The molecule has 4 nitrogen and oxygen atoms in total. The van der Waals surface area contributed by atoms with Crippen molar-refractivity contribution < 1.29 is 9.53 Å². The molecule has 1 heterocycles. The summed E-state index contributed by atoms with van der Waals surface area (Å²) in [4.78, 5) is 10.6. The minimum atomic E-state index is -0.708. The van der Waals surface area contributed by atoms with Crippen LogP contribution in [-0.2, 0) is 9.53 Å². The lowest BCUT2D eigenvalue weighted by Gasteiger charge is -2.37. The zero-order chi connectivity index (χ0) is 6.91. The van der Waals surface area contributed by atoms with Crippen molar-refractivity contribution >= 4 is 18.3 Å². The van der Waals surface area contributed by atoms with E-state index < -0.39 is 5.60 Å². The molecule has 1 saturated heterocycles. The predicted molar refractivity (Wildman–Crippen MR) is 39.1 cm³/mol. The van der Waals surface area contributed by atoms with Crippen molar-refractivity contribution in [3.05, 3.63) is 0 Å². The fourth-order valence-electron chi connectivity index (χ4n) is 0.771. The van der Waals surface area contributed by atoms with E-state index in [4.69, 9.17) is 10.5 Å². The summed E-state index contributed by atoms with van der Waals surface area (Å²) < 4.78 is 4.90. The van der Waals surface area contributed by atoms with Crippen molar-refractivity contribution in [2.75, 3.05) is 20.2 Å². The van der Waals surface area contributed by atoms with Gasteiger partial charge in [0.1, 0.15) is 0 Å². The summed E-state index contributed by atoms with van der Waals surface area (Å²) in [5.74, 6) is -0.385. The number of hydrogen-bond acceptors (Lipinski definition) is 3. The van der Waals surface area contributed by atoms with E-state index in [2.05, 4.69) is 5.32 Å². The highest BCUT2D eigenvalue weighted by Gasteiger charge is 2.42. The van der Waals surface area contributed by atoms with E-state index >= 15 is 0 Å². The molecule has 0 atom stereocenters. The number of carbonyl (C=O) groups excluding carboxylic acids is 1. The van der Waals surface area contributed by atoms with E-state index in [9.17, 15) is 4.79 Å². The number of amides is 1. The molecule has 10 heavy (non-hydrogen) atoms. The standard InChI is InChI=1S/C5H10N2O2.ClH/c1-9-5(4(6)8)2-7-3-5;/h7H,2-3H2,1H3,(H2,6,8);1H. The molecule has 0 saturated carbocycles. The normalized spacial score (nSPS) is 20.5. The predicted octanol–water partition coefficient (Wildman–Crippen LogP) is -1.12. The Morgan fingerprint density at radius 2 is 2.20 bits per heavy atom. The monoisotopic (exact) mass is 166 g/mol. The lowest BCUT2D eigenvalue weighted by atomic mass is 9.96. The Morgan fingerprint density at radius 1 is 1.70 bits per heavy atom. The second-order valence-corrected chi connectivity index (χ2v) is 2.17. The molecule has 1 aliphatic heterocycles. The van der Waals surface area contributed by atoms with Gasteiger partial charge in [-0.3, -0.25) is 4.79 Å². The molecule has 0 spiro atoms. The number of nitrogens with two attached hydrogens (primary N) is 1. The third-order valence-electron chi connectivity index (χ3n) is 1.66. The Morgan fingerprint density at radius 3 is 2.20 bits per heavy atom. The van der Waals surface area contributed by atoms with Gasteiger partial charge in [0, 0.05) is 20.2 Å². The molecule has 1 rings (SSSR count). The van der Waals surface area contributed by atoms with E-state index in [-0.39, 0.29) is 18.3 Å². The van der Waals surface area contributed by atoms with Crippen molar-refractivity contribution in [3.63, 3.8) is 0 Å². The fraction of sp³-hybridized carbons (Fsp3) is 0.800. The first-order valence-electron chi connectivity index (χ1n) is 2.77. The molecule has 5 heteroatoms. The van der Waals surface area contributed by atoms with E-state index in [0.717, 1.165) is 0 Å². The van der Waals surface area contributed by atoms with Gasteiger partial charge in [-0.25, -0.2) is 0 Å². The van der Waals surface area contributed by atoms with E-state index in [1.807, 2.05) is 0 Å². The quantitative estimate of drug-likeness (QED) is 0.547. The maximum Gasteiger partial charge on any atom is 0.252 e. The van der Waals surface area contributed by atoms with Crippen LogP contribution in [0.4, 0.5) is 0 Å². The highest BCUT2D eigenvalue weighted by atomic mass is 35.5. The molecule has 0 unspecified atom stereocenters. The van der Waals surface area contributed by atoms with Crippen LogP contribution in [0, 0.1) is 0 Å². The number of rotatable bonds is 2. The Hall–Kier alpha value is -0.320. The number of hydrogen-bond donors (Lipinski definition) is 2. The van der Waals surface area contributed by atoms with Gasteiger partial charge in [0.15, 0.2) is 5.60 Å². The molecule has 0 radical (unpaired) electrons. The smallest absolute Gasteiger partial charge is 0.252 e. The van der Waals surface area contributed by atoms with Crippen LogP contribution in [0.2, 0.25) is 0 Å². The van der Waals surface area contributed by atoms with Crippen molar-refractivity contribution in [3.8, 4) is 0 Å². The SMILES string of the molecule is COC1(C(N)=O)CNC1.Cl. The molecule has 1 amide bonds. The molecule has 60 valence electrons. The molecule has 1 aliphatic rings. The second-order valence-electron chi connectivity index (χ2n) is 2.17. The molecule has 3 N–H and O–H groups in total. The average Bonchev–Trinajstić information content (AvgIpc) is 1.62. The molecular formula is C5H11ClN2O2. The van der Waals surface area contributed by atoms with Crippen LogP contribution >= 0.6 is 12.4 Å². The number of methoxy groups -OCH3 is 1. The lowest BCUT2D eigenvalue weighted by Crippen LogP contribution is -2.67. The molecule has 0 bridgehead atoms. The molecule has 0 aliphatic carbocycles. The van der Waals surface area contributed by atoms with Crippen LogP contribution in [0.25, 0.3) is 0 Å². The first kappa shape index (κ1) is 9.68. The Balaban J connectivity index is 0.000000810. The van der Waals surface area contributed by atoms with Gasteiger partial charge in [-0.05, 0) is 0 Å². The van der Waals surface area contributed by atoms with Crippen LogP contribution in [0.5, 0.6) is 0 Å². The minimum absolute atomic E-state index is 0. The van der Waals surface area contributed by atoms with Gasteiger partial charge in [-0.2, -0.15) is 0 Å². The Labute approximate surface area is 65.5 Å². The summed E-state index contributed by atoms with van der Waals surface area (Å²) in [6.45, 7) is 1.08. The number of nitrogens with one attached hydrogen (secondary N) is 1. The second kappa shape index (κ2) is 3.18. The van der Waals surface area contributed by atoms with Crippen LogP contribution in [-0.4, -0.2) is 31.7 Å². The maximum atomic E-state index is 10.6.